The van der Waals surface area contributed by atoms with Gasteiger partial charge in [0.15, 0.2) is 0 Å². The molecule has 0 saturated heterocycles. The molecule has 0 bridgehead atoms. The first kappa shape index (κ1) is 14.1. The number of nitrogens with zero attached hydrogens (tertiary/aromatic N) is 1. The maximum Gasteiger partial charge on any atom is 0.223 e. The minimum atomic E-state index is -0.595. The van der Waals surface area contributed by atoms with Gasteiger partial charge in [-0.3, -0.25) is 4.79 Å². The summed E-state index contributed by atoms with van der Waals surface area (Å²) in [6.07, 6.45) is 1.26. The number of hydrogen-bond donors (Lipinski definition) is 2. The quantitative estimate of drug-likeness (QED) is 0.846. The molecular weight excluding hydrogens is 236 g/mol. The lowest BCUT2D eigenvalue weighted by Gasteiger charge is -2.25. The van der Waals surface area contributed by atoms with E-state index in [2.05, 4.69) is 10.3 Å². The van der Waals surface area contributed by atoms with E-state index in [1.165, 1.54) is 11.3 Å². The largest absolute Gasteiger partial charge is 0.392 e. The number of nitrogens with one attached hydrogen (secondary N) is 1. The van der Waals surface area contributed by atoms with Gasteiger partial charge in [-0.2, -0.15) is 0 Å². The van der Waals surface area contributed by atoms with E-state index in [1.807, 2.05) is 33.1 Å². The van der Waals surface area contributed by atoms with Crippen molar-refractivity contribution >= 4 is 17.2 Å². The first-order valence-corrected chi connectivity index (χ1v) is 6.60. The minimum absolute atomic E-state index is 0.0868. The van der Waals surface area contributed by atoms with Gasteiger partial charge >= 0.3 is 0 Å². The molecule has 0 aliphatic carbocycles. The third kappa shape index (κ3) is 4.09. The summed E-state index contributed by atoms with van der Waals surface area (Å²) in [4.78, 5) is 16.0. The third-order valence-electron chi connectivity index (χ3n) is 2.58. The Kier molecular flexibility index (Phi) is 4.65. The molecule has 1 atom stereocenters. The van der Waals surface area contributed by atoms with E-state index >= 15 is 0 Å². The van der Waals surface area contributed by atoms with Gasteiger partial charge in [-0.1, -0.05) is 13.8 Å². The third-order valence-corrected chi connectivity index (χ3v) is 3.68. The molecule has 17 heavy (non-hydrogen) atoms. The van der Waals surface area contributed by atoms with Crippen LogP contribution in [0.4, 0.5) is 0 Å². The van der Waals surface area contributed by atoms with Crippen molar-refractivity contribution in [1.29, 1.82) is 0 Å². The predicted octanol–water partition coefficient (Wildman–Crippen LogP) is 1.90. The predicted molar refractivity (Wildman–Crippen MR) is 68.7 cm³/mol. The Bertz CT molecular complexity index is 361. The van der Waals surface area contributed by atoms with Gasteiger partial charge in [0.25, 0.3) is 0 Å². The molecule has 1 amide bonds. The van der Waals surface area contributed by atoms with E-state index in [9.17, 15) is 9.90 Å². The van der Waals surface area contributed by atoms with E-state index in [0.717, 1.165) is 5.01 Å². The second kappa shape index (κ2) is 5.60. The number of aliphatic hydroxyl groups excluding tert-OH is 1. The average Bonchev–Trinajstić information content (AvgIpc) is 2.69. The lowest BCUT2D eigenvalue weighted by Crippen LogP contribution is -2.42. The maximum atomic E-state index is 11.8. The topological polar surface area (TPSA) is 62.2 Å². The molecule has 4 nitrogen and oxygen atoms in total. The number of rotatable bonds is 5. The van der Waals surface area contributed by atoms with Gasteiger partial charge in [0.1, 0.15) is 5.01 Å². The van der Waals surface area contributed by atoms with Gasteiger partial charge in [0, 0.05) is 11.6 Å². The zero-order valence-corrected chi connectivity index (χ0v) is 11.5. The Hall–Kier alpha value is -0.940. The molecule has 0 fully saturated rings. The van der Waals surface area contributed by atoms with Crippen molar-refractivity contribution in [2.24, 2.45) is 5.92 Å². The summed E-state index contributed by atoms with van der Waals surface area (Å²) in [6.45, 7) is 7.60. The molecule has 1 unspecified atom stereocenters. The van der Waals surface area contributed by atoms with Crippen LogP contribution in [0, 0.1) is 5.92 Å². The van der Waals surface area contributed by atoms with Gasteiger partial charge in [0.05, 0.1) is 18.1 Å². The van der Waals surface area contributed by atoms with E-state index in [4.69, 9.17) is 0 Å². The summed E-state index contributed by atoms with van der Waals surface area (Å²) < 4.78 is 0. The number of thiazole rings is 1. The highest BCUT2D eigenvalue weighted by molar-refractivity contribution is 7.09. The monoisotopic (exact) mass is 256 g/mol. The summed E-state index contributed by atoms with van der Waals surface area (Å²) >= 11 is 1.51. The Morgan fingerprint density at radius 1 is 1.59 bits per heavy atom. The fourth-order valence-electron chi connectivity index (χ4n) is 1.41. The molecule has 0 radical (unpaired) electrons. The fraction of sp³-hybridized carbons (Fsp3) is 0.667. The van der Waals surface area contributed by atoms with Crippen molar-refractivity contribution in [2.75, 3.05) is 0 Å². The molecule has 1 aromatic rings. The first-order chi connectivity index (χ1) is 7.83. The number of carbonyl (C=O) groups excluding carboxylic acids is 1. The zero-order chi connectivity index (χ0) is 13.1. The van der Waals surface area contributed by atoms with Gasteiger partial charge in [-0.25, -0.2) is 4.98 Å². The molecule has 96 valence electrons. The molecular formula is C12H20N2O2S. The van der Waals surface area contributed by atoms with Crippen LogP contribution in [-0.2, 0) is 10.3 Å². The minimum Gasteiger partial charge on any atom is -0.392 e. The van der Waals surface area contributed by atoms with Gasteiger partial charge in [0.2, 0.25) is 5.91 Å². The molecule has 0 spiro atoms. The first-order valence-electron chi connectivity index (χ1n) is 5.72. The molecule has 1 rings (SSSR count). The van der Waals surface area contributed by atoms with Crippen LogP contribution in [0.25, 0.3) is 0 Å². The standard InChI is InChI=1S/C12H20N2O2S/c1-8(2)9(15)7-10(16)14-12(3,4)11-13-5-6-17-11/h5-6,8-9,15H,7H2,1-4H3,(H,14,16). The van der Waals surface area contributed by atoms with Gasteiger partial charge in [-0.05, 0) is 19.8 Å². The Balaban J connectivity index is 2.57. The van der Waals surface area contributed by atoms with Gasteiger partial charge < -0.3 is 10.4 Å². The lowest BCUT2D eigenvalue weighted by atomic mass is 10.0. The average molecular weight is 256 g/mol. The van der Waals surface area contributed by atoms with Crippen LogP contribution in [0.1, 0.15) is 39.1 Å². The second-order valence-electron chi connectivity index (χ2n) is 5.03. The van der Waals surface area contributed by atoms with Crippen molar-refractivity contribution in [1.82, 2.24) is 10.3 Å². The van der Waals surface area contributed by atoms with E-state index in [-0.39, 0.29) is 18.2 Å². The summed E-state index contributed by atoms with van der Waals surface area (Å²) in [7, 11) is 0. The van der Waals surface area contributed by atoms with Crippen LogP contribution < -0.4 is 5.32 Å². The van der Waals surface area contributed by atoms with Crippen LogP contribution in [0.5, 0.6) is 0 Å². The zero-order valence-electron chi connectivity index (χ0n) is 10.7. The van der Waals surface area contributed by atoms with Gasteiger partial charge in [-0.15, -0.1) is 11.3 Å². The van der Waals surface area contributed by atoms with Crippen molar-refractivity contribution < 1.29 is 9.90 Å². The smallest absolute Gasteiger partial charge is 0.223 e. The Morgan fingerprint density at radius 3 is 2.71 bits per heavy atom. The van der Waals surface area contributed by atoms with Crippen LogP contribution in [0.15, 0.2) is 11.6 Å². The van der Waals surface area contributed by atoms with Crippen molar-refractivity contribution in [3.8, 4) is 0 Å². The summed E-state index contributed by atoms with van der Waals surface area (Å²) in [5, 5.41) is 15.3. The molecule has 1 aromatic heterocycles. The molecule has 5 heteroatoms. The van der Waals surface area contributed by atoms with Crippen LogP contribution in [0.3, 0.4) is 0 Å². The van der Waals surface area contributed by atoms with Crippen molar-refractivity contribution in [3.63, 3.8) is 0 Å². The Labute approximate surface area is 106 Å². The lowest BCUT2D eigenvalue weighted by molar-refractivity contribution is -0.125. The van der Waals surface area contributed by atoms with Crippen molar-refractivity contribution in [3.05, 3.63) is 16.6 Å². The number of aromatic nitrogens is 1. The molecule has 1 heterocycles. The van der Waals surface area contributed by atoms with Crippen LogP contribution in [0.2, 0.25) is 0 Å². The number of aliphatic hydroxyl groups is 1. The normalized spacial score (nSPS) is 13.8. The highest BCUT2D eigenvalue weighted by Gasteiger charge is 2.26. The molecule has 0 aliphatic heterocycles. The molecule has 0 saturated carbocycles. The summed E-state index contributed by atoms with van der Waals surface area (Å²) in [5.41, 5.74) is -0.484. The number of hydrogen-bond acceptors (Lipinski definition) is 4. The number of carbonyl (C=O) groups is 1. The SMILES string of the molecule is CC(C)C(O)CC(=O)NC(C)(C)c1nccs1. The van der Waals surface area contributed by atoms with E-state index in [1.54, 1.807) is 6.20 Å². The fourth-order valence-corrected chi connectivity index (χ4v) is 2.13. The molecule has 2 N–H and O–H groups in total. The molecule has 0 aromatic carbocycles. The second-order valence-corrected chi connectivity index (χ2v) is 5.92. The maximum absolute atomic E-state index is 11.8. The van der Waals surface area contributed by atoms with E-state index < -0.39 is 11.6 Å². The highest BCUT2D eigenvalue weighted by atomic mass is 32.1. The summed E-state index contributed by atoms with van der Waals surface area (Å²) in [5.74, 6) is -0.0601. The Morgan fingerprint density at radius 2 is 2.24 bits per heavy atom. The summed E-state index contributed by atoms with van der Waals surface area (Å²) in [6, 6.07) is 0. The molecule has 0 aliphatic rings. The van der Waals surface area contributed by atoms with E-state index in [0.29, 0.717) is 0 Å². The number of amides is 1. The van der Waals surface area contributed by atoms with Crippen LogP contribution >= 0.6 is 11.3 Å². The van der Waals surface area contributed by atoms with Crippen molar-refractivity contribution in [2.45, 2.75) is 45.8 Å². The van der Waals surface area contributed by atoms with Crippen LogP contribution in [-0.4, -0.2) is 22.1 Å². The highest BCUT2D eigenvalue weighted by Crippen LogP contribution is 2.22.